The van der Waals surface area contributed by atoms with E-state index >= 15 is 0 Å². The number of likely N-dealkylation sites (tertiary alicyclic amines) is 1. The van der Waals surface area contributed by atoms with Crippen molar-refractivity contribution in [2.75, 3.05) is 38.1 Å². The number of hydrogen-bond acceptors (Lipinski definition) is 4. The molecule has 0 N–H and O–H groups in total. The maximum atomic E-state index is 14.1. The maximum absolute atomic E-state index is 14.1. The van der Waals surface area contributed by atoms with Crippen molar-refractivity contribution in [3.8, 4) is 0 Å². The first-order chi connectivity index (χ1) is 10.5. The van der Waals surface area contributed by atoms with Gasteiger partial charge in [0.15, 0.2) is 5.82 Å². The Morgan fingerprint density at radius 3 is 2.27 bits per heavy atom. The van der Waals surface area contributed by atoms with Crippen molar-refractivity contribution in [2.24, 2.45) is 5.41 Å². The smallest absolute Gasteiger partial charge is 0.272 e. The molecule has 6 heteroatoms. The van der Waals surface area contributed by atoms with E-state index < -0.39 is 10.7 Å². The number of rotatable bonds is 2. The highest BCUT2D eigenvalue weighted by atomic mass is 19.1. The van der Waals surface area contributed by atoms with Crippen LogP contribution in [0.3, 0.4) is 0 Å². The normalized spacial score (nSPS) is 22.0. The van der Waals surface area contributed by atoms with Crippen LogP contribution in [0.1, 0.15) is 25.7 Å². The van der Waals surface area contributed by atoms with Gasteiger partial charge < -0.3 is 9.80 Å². The highest BCUT2D eigenvalue weighted by Crippen LogP contribution is 2.42. The lowest BCUT2D eigenvalue weighted by Gasteiger charge is -2.46. The number of benzene rings is 1. The fourth-order valence-corrected chi connectivity index (χ4v) is 3.68. The molecule has 0 aliphatic carbocycles. The molecule has 0 atom stereocenters. The molecule has 3 rings (SSSR count). The maximum Gasteiger partial charge on any atom is 0.272 e. The molecule has 2 heterocycles. The Bertz CT molecular complexity index is 561. The summed E-state index contributed by atoms with van der Waals surface area (Å²) in [6, 6.07) is 3.95. The zero-order chi connectivity index (χ0) is 15.7. The van der Waals surface area contributed by atoms with Crippen LogP contribution >= 0.6 is 0 Å². The summed E-state index contributed by atoms with van der Waals surface area (Å²) in [5, 5.41) is 10.7. The molecule has 0 aromatic heterocycles. The van der Waals surface area contributed by atoms with E-state index in [0.717, 1.165) is 45.1 Å². The van der Waals surface area contributed by atoms with E-state index in [1.54, 1.807) is 6.07 Å². The highest BCUT2D eigenvalue weighted by Gasteiger charge is 2.37. The minimum Gasteiger partial charge on any atom is -0.369 e. The number of hydrogen-bond donors (Lipinski definition) is 0. The Morgan fingerprint density at radius 2 is 1.73 bits per heavy atom. The second kappa shape index (κ2) is 5.83. The molecule has 1 aromatic rings. The van der Waals surface area contributed by atoms with Gasteiger partial charge in [-0.15, -0.1) is 0 Å². The molecule has 2 fully saturated rings. The minimum absolute atomic E-state index is 0.190. The first-order valence-electron chi connectivity index (χ1n) is 7.87. The Hall–Kier alpha value is -1.69. The molecule has 120 valence electrons. The number of anilines is 1. The van der Waals surface area contributed by atoms with E-state index in [2.05, 4.69) is 11.9 Å². The third kappa shape index (κ3) is 2.92. The molecule has 2 aliphatic rings. The van der Waals surface area contributed by atoms with Gasteiger partial charge in [-0.2, -0.15) is 0 Å². The zero-order valence-corrected chi connectivity index (χ0v) is 12.9. The summed E-state index contributed by atoms with van der Waals surface area (Å²) < 4.78 is 14.1. The van der Waals surface area contributed by atoms with Crippen molar-refractivity contribution in [1.82, 2.24) is 4.90 Å². The standard InChI is InChI=1S/C16H22FN3O2/c1-18-8-4-16(5-9-18)6-10-19(11-7-16)15-3-2-13(20(21)22)12-14(15)17/h2-3,12H,4-11H2,1H3. The predicted molar refractivity (Wildman–Crippen MR) is 83.7 cm³/mol. The van der Waals surface area contributed by atoms with Gasteiger partial charge in [0.05, 0.1) is 16.7 Å². The van der Waals surface area contributed by atoms with E-state index in [0.29, 0.717) is 11.1 Å². The van der Waals surface area contributed by atoms with Crippen molar-refractivity contribution in [3.63, 3.8) is 0 Å². The zero-order valence-electron chi connectivity index (χ0n) is 12.9. The third-order valence-electron chi connectivity index (χ3n) is 5.35. The molecule has 2 aliphatic heterocycles. The second-order valence-corrected chi connectivity index (χ2v) is 6.68. The van der Waals surface area contributed by atoms with Crippen LogP contribution in [-0.4, -0.2) is 43.0 Å². The summed E-state index contributed by atoms with van der Waals surface area (Å²) in [5.74, 6) is -0.492. The fraction of sp³-hybridized carbons (Fsp3) is 0.625. The molecule has 0 radical (unpaired) electrons. The fourth-order valence-electron chi connectivity index (χ4n) is 3.68. The van der Waals surface area contributed by atoms with E-state index in [1.807, 2.05) is 4.90 Å². The Kier molecular flexibility index (Phi) is 4.04. The van der Waals surface area contributed by atoms with Gasteiger partial charge in [0.2, 0.25) is 0 Å². The van der Waals surface area contributed by atoms with Gasteiger partial charge >= 0.3 is 0 Å². The van der Waals surface area contributed by atoms with E-state index in [9.17, 15) is 14.5 Å². The van der Waals surface area contributed by atoms with Crippen LogP contribution in [0.4, 0.5) is 15.8 Å². The summed E-state index contributed by atoms with van der Waals surface area (Å²) in [6.07, 6.45) is 4.61. The molecule has 5 nitrogen and oxygen atoms in total. The number of piperidine rings is 2. The van der Waals surface area contributed by atoms with Crippen molar-refractivity contribution in [3.05, 3.63) is 34.1 Å². The van der Waals surface area contributed by atoms with Crippen LogP contribution in [-0.2, 0) is 0 Å². The van der Waals surface area contributed by atoms with Gasteiger partial charge in [-0.1, -0.05) is 0 Å². The average molecular weight is 307 g/mol. The van der Waals surface area contributed by atoms with Gasteiger partial charge in [-0.3, -0.25) is 10.1 Å². The monoisotopic (exact) mass is 307 g/mol. The lowest BCUT2D eigenvalue weighted by Crippen LogP contribution is -2.46. The topological polar surface area (TPSA) is 49.6 Å². The van der Waals surface area contributed by atoms with Gasteiger partial charge in [-0.25, -0.2) is 4.39 Å². The molecular formula is C16H22FN3O2. The van der Waals surface area contributed by atoms with E-state index in [1.165, 1.54) is 18.9 Å². The van der Waals surface area contributed by atoms with Gasteiger partial charge in [0.1, 0.15) is 0 Å². The summed E-state index contributed by atoms with van der Waals surface area (Å²) in [5.41, 5.74) is 0.721. The average Bonchev–Trinajstić information content (AvgIpc) is 2.51. The largest absolute Gasteiger partial charge is 0.369 e. The molecule has 0 saturated carbocycles. The summed E-state index contributed by atoms with van der Waals surface area (Å²) >= 11 is 0. The first kappa shape index (κ1) is 15.2. The van der Waals surface area contributed by atoms with Crippen LogP contribution in [0.15, 0.2) is 18.2 Å². The van der Waals surface area contributed by atoms with Gasteiger partial charge in [0, 0.05) is 19.2 Å². The minimum atomic E-state index is -0.559. The predicted octanol–water partition coefficient (Wildman–Crippen LogP) is 3.05. The van der Waals surface area contributed by atoms with Gasteiger partial charge in [0.25, 0.3) is 5.69 Å². The summed E-state index contributed by atoms with van der Waals surface area (Å²) in [7, 11) is 2.16. The lowest BCUT2D eigenvalue weighted by molar-refractivity contribution is -0.385. The Morgan fingerprint density at radius 1 is 1.14 bits per heavy atom. The van der Waals surface area contributed by atoms with Gasteiger partial charge in [-0.05, 0) is 57.3 Å². The van der Waals surface area contributed by atoms with Crippen molar-refractivity contribution in [2.45, 2.75) is 25.7 Å². The molecule has 22 heavy (non-hydrogen) atoms. The third-order valence-corrected chi connectivity index (χ3v) is 5.35. The molecule has 2 saturated heterocycles. The SMILES string of the molecule is CN1CCC2(CC1)CCN(c1ccc([N+](=O)[O-])cc1F)CC2. The number of halogens is 1. The first-order valence-corrected chi connectivity index (χ1v) is 7.87. The van der Waals surface area contributed by atoms with E-state index in [-0.39, 0.29) is 5.69 Å². The molecular weight excluding hydrogens is 285 g/mol. The number of non-ortho nitro benzene ring substituents is 1. The quantitative estimate of drug-likeness (QED) is 0.622. The van der Waals surface area contributed by atoms with Crippen LogP contribution in [0.5, 0.6) is 0 Å². The number of nitro benzene ring substituents is 1. The van der Waals surface area contributed by atoms with Crippen LogP contribution < -0.4 is 4.90 Å². The van der Waals surface area contributed by atoms with Crippen molar-refractivity contribution in [1.29, 1.82) is 0 Å². The lowest BCUT2D eigenvalue weighted by atomic mass is 9.71. The Labute approximate surface area is 129 Å². The molecule has 0 amide bonds. The number of nitrogens with zero attached hydrogens (tertiary/aromatic N) is 3. The van der Waals surface area contributed by atoms with Crippen LogP contribution in [0.2, 0.25) is 0 Å². The van der Waals surface area contributed by atoms with Crippen LogP contribution in [0, 0.1) is 21.3 Å². The number of nitro groups is 1. The van der Waals surface area contributed by atoms with E-state index in [4.69, 9.17) is 0 Å². The Balaban J connectivity index is 1.68. The summed E-state index contributed by atoms with van der Waals surface area (Å²) in [4.78, 5) is 14.5. The molecule has 1 spiro atoms. The van der Waals surface area contributed by atoms with Crippen molar-refractivity contribution >= 4 is 11.4 Å². The summed E-state index contributed by atoms with van der Waals surface area (Å²) in [6.45, 7) is 3.95. The molecule has 0 unspecified atom stereocenters. The second-order valence-electron chi connectivity index (χ2n) is 6.68. The van der Waals surface area contributed by atoms with Crippen LogP contribution in [0.25, 0.3) is 0 Å². The highest BCUT2D eigenvalue weighted by molar-refractivity contribution is 5.52. The van der Waals surface area contributed by atoms with Crippen molar-refractivity contribution < 1.29 is 9.31 Å². The molecule has 1 aromatic carbocycles. The molecule has 0 bridgehead atoms.